The average molecular weight is 417 g/mol. The van der Waals surface area contributed by atoms with Crippen LogP contribution in [0.5, 0.6) is 0 Å². The number of hydrogen-bond donors (Lipinski definition) is 1. The molecular weight excluding hydrogens is 392 g/mol. The van der Waals surface area contributed by atoms with Gasteiger partial charge in [0, 0.05) is 43.2 Å². The molecule has 3 aromatic rings. The zero-order chi connectivity index (χ0) is 20.8. The van der Waals surface area contributed by atoms with Crippen molar-refractivity contribution in [3.8, 4) is 5.82 Å². The number of pyridine rings is 1. The maximum atomic E-state index is 13.2. The minimum absolute atomic E-state index is 0.169. The van der Waals surface area contributed by atoms with Crippen LogP contribution < -0.4 is 4.90 Å². The highest BCUT2D eigenvalue weighted by atomic mass is 19.3. The largest absolute Gasteiger partial charge is 0.377 e. The standard InChI is InChI=1S/C20H25F2N7O/c1-12-11-30-8-7-28(12)18-9-14-13(2)27(10-16(21)22)6-4-15-19(14)20(24-18)29(26-15)17-3-5-23-25-17/h3,5,9,12-13,16H,4,6-8,10-11H2,1-2H3,(H,23,25)/t12-,13?/m1/s1. The summed E-state index contributed by atoms with van der Waals surface area (Å²) in [5.74, 6) is 1.48. The number of rotatable bonds is 4. The Hall–Kier alpha value is -2.59. The van der Waals surface area contributed by atoms with Crippen LogP contribution in [0.15, 0.2) is 18.3 Å². The molecule has 3 aromatic heterocycles. The molecule has 0 aliphatic carbocycles. The lowest BCUT2D eigenvalue weighted by Crippen LogP contribution is -2.44. The van der Waals surface area contributed by atoms with Crippen LogP contribution >= 0.6 is 0 Å². The maximum absolute atomic E-state index is 13.2. The number of aromatic nitrogens is 5. The minimum Gasteiger partial charge on any atom is -0.377 e. The van der Waals surface area contributed by atoms with Gasteiger partial charge in [0.05, 0.1) is 31.5 Å². The molecule has 2 aliphatic rings. The molecule has 10 heteroatoms. The van der Waals surface area contributed by atoms with Crippen LogP contribution in [0, 0.1) is 0 Å². The Balaban J connectivity index is 1.70. The minimum atomic E-state index is -2.38. The van der Waals surface area contributed by atoms with Crippen molar-refractivity contribution < 1.29 is 13.5 Å². The second-order valence-electron chi connectivity index (χ2n) is 7.99. The number of alkyl halides is 2. The monoisotopic (exact) mass is 417 g/mol. The van der Waals surface area contributed by atoms with Gasteiger partial charge in [-0.3, -0.25) is 10.00 Å². The third-order valence-electron chi connectivity index (χ3n) is 6.10. The first-order valence-corrected chi connectivity index (χ1v) is 10.3. The molecule has 0 amide bonds. The van der Waals surface area contributed by atoms with E-state index in [0.717, 1.165) is 29.0 Å². The molecule has 0 saturated carbocycles. The lowest BCUT2D eigenvalue weighted by molar-refractivity contribution is 0.0707. The summed E-state index contributed by atoms with van der Waals surface area (Å²) in [5, 5.41) is 12.8. The van der Waals surface area contributed by atoms with E-state index in [1.165, 1.54) is 0 Å². The van der Waals surface area contributed by atoms with Gasteiger partial charge in [-0.1, -0.05) is 0 Å². The maximum Gasteiger partial charge on any atom is 0.251 e. The first-order chi connectivity index (χ1) is 14.5. The summed E-state index contributed by atoms with van der Waals surface area (Å²) in [7, 11) is 0. The molecule has 30 heavy (non-hydrogen) atoms. The Morgan fingerprint density at radius 1 is 1.27 bits per heavy atom. The van der Waals surface area contributed by atoms with E-state index in [2.05, 4.69) is 28.1 Å². The predicted octanol–water partition coefficient (Wildman–Crippen LogP) is 2.55. The molecule has 5 heterocycles. The van der Waals surface area contributed by atoms with E-state index in [1.54, 1.807) is 10.9 Å². The van der Waals surface area contributed by atoms with E-state index in [9.17, 15) is 8.78 Å². The Labute approximate surface area is 172 Å². The molecule has 2 aliphatic heterocycles. The van der Waals surface area contributed by atoms with E-state index in [0.29, 0.717) is 37.6 Å². The molecule has 0 radical (unpaired) electrons. The molecule has 0 aromatic carbocycles. The van der Waals surface area contributed by atoms with E-state index >= 15 is 0 Å². The van der Waals surface area contributed by atoms with Crippen molar-refractivity contribution >= 4 is 16.9 Å². The van der Waals surface area contributed by atoms with E-state index < -0.39 is 6.43 Å². The lowest BCUT2D eigenvalue weighted by Gasteiger charge is -2.35. The topological polar surface area (TPSA) is 75.1 Å². The smallest absolute Gasteiger partial charge is 0.251 e. The third-order valence-corrected chi connectivity index (χ3v) is 6.10. The van der Waals surface area contributed by atoms with E-state index in [1.807, 2.05) is 17.9 Å². The van der Waals surface area contributed by atoms with Crippen LogP contribution in [-0.4, -0.2) is 75.2 Å². The van der Waals surface area contributed by atoms with Gasteiger partial charge in [0.2, 0.25) is 0 Å². The van der Waals surface area contributed by atoms with Gasteiger partial charge in [0.1, 0.15) is 5.82 Å². The zero-order valence-corrected chi connectivity index (χ0v) is 17.1. The summed E-state index contributed by atoms with van der Waals surface area (Å²) in [6.07, 6.45) is -0.0405. The SMILES string of the molecule is CC1c2cc(N3CCOC[C@H]3C)nc3c2c(nn3-c2cc[nH]n2)CCN1CC(F)F. The van der Waals surface area contributed by atoms with E-state index in [-0.39, 0.29) is 18.6 Å². The van der Waals surface area contributed by atoms with Crippen molar-refractivity contribution in [2.24, 2.45) is 0 Å². The number of anilines is 1. The summed E-state index contributed by atoms with van der Waals surface area (Å²) in [6.45, 7) is 6.37. The van der Waals surface area contributed by atoms with Crippen molar-refractivity contribution in [1.29, 1.82) is 0 Å². The van der Waals surface area contributed by atoms with Crippen LogP contribution in [0.4, 0.5) is 14.6 Å². The molecule has 1 N–H and O–H groups in total. The third kappa shape index (κ3) is 3.24. The van der Waals surface area contributed by atoms with Crippen molar-refractivity contribution in [2.45, 2.75) is 38.8 Å². The van der Waals surface area contributed by atoms with Gasteiger partial charge < -0.3 is 9.64 Å². The summed E-state index contributed by atoms with van der Waals surface area (Å²) in [6, 6.07) is 3.91. The van der Waals surface area contributed by atoms with Gasteiger partial charge in [-0.2, -0.15) is 14.9 Å². The van der Waals surface area contributed by atoms with Gasteiger partial charge in [0.15, 0.2) is 11.5 Å². The van der Waals surface area contributed by atoms with Crippen molar-refractivity contribution in [2.75, 3.05) is 37.7 Å². The number of H-pyrrole nitrogens is 1. The van der Waals surface area contributed by atoms with Gasteiger partial charge in [-0.05, 0) is 25.5 Å². The molecule has 0 spiro atoms. The number of halogens is 2. The lowest BCUT2D eigenvalue weighted by atomic mass is 10.0. The molecule has 160 valence electrons. The van der Waals surface area contributed by atoms with Crippen molar-refractivity contribution in [3.05, 3.63) is 29.6 Å². The average Bonchev–Trinajstić information content (AvgIpc) is 3.35. The Morgan fingerprint density at radius 2 is 2.13 bits per heavy atom. The Morgan fingerprint density at radius 3 is 2.87 bits per heavy atom. The quantitative estimate of drug-likeness (QED) is 0.703. The number of ether oxygens (including phenoxy) is 1. The molecule has 8 nitrogen and oxygen atoms in total. The highest BCUT2D eigenvalue weighted by Gasteiger charge is 2.31. The molecule has 1 saturated heterocycles. The fourth-order valence-electron chi connectivity index (χ4n) is 4.52. The molecule has 2 atom stereocenters. The highest BCUT2D eigenvalue weighted by Crippen LogP contribution is 2.37. The van der Waals surface area contributed by atoms with E-state index in [4.69, 9.17) is 14.8 Å². The van der Waals surface area contributed by atoms with Crippen LogP contribution in [0.2, 0.25) is 0 Å². The first kappa shape index (κ1) is 19.4. The van der Waals surface area contributed by atoms with Crippen LogP contribution in [0.1, 0.15) is 31.1 Å². The highest BCUT2D eigenvalue weighted by molar-refractivity contribution is 5.86. The second kappa shape index (κ2) is 7.59. The normalized spacial score (nSPS) is 22.8. The van der Waals surface area contributed by atoms with Gasteiger partial charge >= 0.3 is 0 Å². The molecule has 5 rings (SSSR count). The fourth-order valence-corrected chi connectivity index (χ4v) is 4.52. The fraction of sp³-hybridized carbons (Fsp3) is 0.550. The summed E-state index contributed by atoms with van der Waals surface area (Å²) >= 11 is 0. The van der Waals surface area contributed by atoms with Gasteiger partial charge in [-0.25, -0.2) is 13.8 Å². The molecular formula is C20H25F2N7O. The number of morpholine rings is 1. The van der Waals surface area contributed by atoms with Crippen LogP contribution in [0.25, 0.3) is 16.9 Å². The van der Waals surface area contributed by atoms with Crippen molar-refractivity contribution in [1.82, 2.24) is 29.9 Å². The number of hydrogen-bond acceptors (Lipinski definition) is 6. The number of nitrogens with one attached hydrogen (secondary N) is 1. The van der Waals surface area contributed by atoms with Gasteiger partial charge in [0.25, 0.3) is 6.43 Å². The predicted molar refractivity (Wildman–Crippen MR) is 108 cm³/mol. The Bertz CT molecular complexity index is 1040. The van der Waals surface area contributed by atoms with Crippen molar-refractivity contribution in [3.63, 3.8) is 0 Å². The number of aromatic amines is 1. The summed E-state index contributed by atoms with van der Waals surface area (Å²) < 4.78 is 33.8. The molecule has 1 fully saturated rings. The molecule has 0 bridgehead atoms. The van der Waals surface area contributed by atoms with Crippen LogP contribution in [0.3, 0.4) is 0 Å². The summed E-state index contributed by atoms with van der Waals surface area (Å²) in [4.78, 5) is 9.04. The first-order valence-electron chi connectivity index (χ1n) is 10.3. The second-order valence-corrected chi connectivity index (χ2v) is 7.99. The molecule has 1 unspecified atom stereocenters. The summed E-state index contributed by atoms with van der Waals surface area (Å²) in [5.41, 5.74) is 2.58. The van der Waals surface area contributed by atoms with Crippen LogP contribution in [-0.2, 0) is 11.2 Å². The number of nitrogens with zero attached hydrogens (tertiary/aromatic N) is 6. The Kier molecular flexibility index (Phi) is 4.90. The zero-order valence-electron chi connectivity index (χ0n) is 17.1. The van der Waals surface area contributed by atoms with Gasteiger partial charge in [-0.15, -0.1) is 0 Å².